The molecule has 358 valence electrons. The van der Waals surface area contributed by atoms with E-state index in [1.165, 1.54) is 283 Å². The highest BCUT2D eigenvalue weighted by atomic mass is 16.4. The minimum atomic E-state index is -0.803. The summed E-state index contributed by atoms with van der Waals surface area (Å²) in [6, 6.07) is 0. The van der Waals surface area contributed by atoms with Crippen molar-refractivity contribution >= 4 is 5.97 Å². The van der Waals surface area contributed by atoms with E-state index in [0.29, 0.717) is 12.8 Å². The summed E-state index contributed by atoms with van der Waals surface area (Å²) in [5.41, 5.74) is 0. The van der Waals surface area contributed by atoms with Gasteiger partial charge in [-0.15, -0.1) is 0 Å². The van der Waals surface area contributed by atoms with Gasteiger partial charge < -0.3 is 10.2 Å². The minimum absolute atomic E-state index is 0.582. The molecule has 0 bridgehead atoms. The van der Waals surface area contributed by atoms with E-state index in [1.807, 2.05) is 0 Å². The molecule has 0 saturated carbocycles. The van der Waals surface area contributed by atoms with Crippen LogP contribution in [0.3, 0.4) is 0 Å². The molecule has 0 aliphatic heterocycles. The van der Waals surface area contributed by atoms with Gasteiger partial charge in [0.05, 0.1) is 12.0 Å². The van der Waals surface area contributed by atoms with E-state index in [2.05, 4.69) is 26.0 Å². The molecule has 3 nitrogen and oxygen atoms in total. The number of unbranched alkanes of at least 4 members (excludes halogenated alkanes) is 45. The van der Waals surface area contributed by atoms with Gasteiger partial charge in [0.2, 0.25) is 0 Å². The van der Waals surface area contributed by atoms with Crippen molar-refractivity contribution < 1.29 is 15.0 Å². The third-order valence-corrected chi connectivity index (χ3v) is 13.7. The van der Waals surface area contributed by atoms with E-state index < -0.39 is 18.0 Å². The zero-order valence-electron chi connectivity index (χ0n) is 41.5. The van der Waals surface area contributed by atoms with Crippen molar-refractivity contribution in [3.05, 3.63) is 12.2 Å². The van der Waals surface area contributed by atoms with Crippen molar-refractivity contribution in [3.8, 4) is 0 Å². The molecular weight excluding hydrogens is 733 g/mol. The molecule has 0 amide bonds. The first kappa shape index (κ1) is 59.2. The Hall–Kier alpha value is -0.830. The van der Waals surface area contributed by atoms with Crippen molar-refractivity contribution in [2.24, 2.45) is 5.92 Å². The molecule has 2 N–H and O–H groups in total. The van der Waals surface area contributed by atoms with Crippen LogP contribution in [-0.4, -0.2) is 22.3 Å². The van der Waals surface area contributed by atoms with Crippen LogP contribution in [0.2, 0.25) is 0 Å². The predicted octanol–water partition coefficient (Wildman–Crippen LogP) is 20.1. The largest absolute Gasteiger partial charge is 0.481 e. The van der Waals surface area contributed by atoms with Crippen LogP contribution in [0.1, 0.15) is 335 Å². The van der Waals surface area contributed by atoms with Crippen LogP contribution in [0.15, 0.2) is 12.2 Å². The van der Waals surface area contributed by atoms with Crippen molar-refractivity contribution in [3.63, 3.8) is 0 Å². The SMILES string of the molecule is CCCCCCCCCCCCCCCC/C=C\CCCCCCCCCCCCCCCCC(O)C(CCCCCCCCCCCCCCCCCCCC)C(=O)O. The molecule has 0 spiro atoms. The van der Waals surface area contributed by atoms with E-state index in [9.17, 15) is 15.0 Å². The van der Waals surface area contributed by atoms with Gasteiger partial charge in [0.1, 0.15) is 0 Å². The van der Waals surface area contributed by atoms with E-state index in [-0.39, 0.29) is 0 Å². The molecule has 3 heteroatoms. The smallest absolute Gasteiger partial charge is 0.309 e. The van der Waals surface area contributed by atoms with Crippen molar-refractivity contribution in [2.75, 3.05) is 0 Å². The number of aliphatic hydroxyl groups excluding tert-OH is 1. The molecule has 60 heavy (non-hydrogen) atoms. The molecule has 0 aliphatic rings. The molecule has 0 radical (unpaired) electrons. The van der Waals surface area contributed by atoms with Gasteiger partial charge in [0.15, 0.2) is 0 Å². The predicted molar refractivity (Wildman–Crippen MR) is 268 cm³/mol. The molecule has 0 aromatic rings. The Morgan fingerprint density at radius 1 is 0.317 bits per heavy atom. The maximum Gasteiger partial charge on any atom is 0.309 e. The lowest BCUT2D eigenvalue weighted by molar-refractivity contribution is -0.146. The molecule has 0 heterocycles. The second-order valence-corrected chi connectivity index (χ2v) is 19.7. The minimum Gasteiger partial charge on any atom is -0.481 e. The first-order chi connectivity index (χ1) is 29.6. The number of allylic oxidation sites excluding steroid dienone is 2. The Kier molecular flexibility index (Phi) is 51.8. The van der Waals surface area contributed by atoms with Crippen LogP contribution in [0.25, 0.3) is 0 Å². The van der Waals surface area contributed by atoms with Crippen molar-refractivity contribution in [2.45, 2.75) is 341 Å². The first-order valence-corrected chi connectivity index (χ1v) is 28.2. The lowest BCUT2D eigenvalue weighted by Crippen LogP contribution is -2.28. The Labute approximate surface area is 378 Å². The van der Waals surface area contributed by atoms with Gasteiger partial charge in [-0.3, -0.25) is 4.79 Å². The Morgan fingerprint density at radius 2 is 0.517 bits per heavy atom. The summed E-state index contributed by atoms with van der Waals surface area (Å²) in [5, 5.41) is 20.4. The third-order valence-electron chi connectivity index (χ3n) is 13.7. The Balaban J connectivity index is 3.40. The summed E-state index contributed by atoms with van der Waals surface area (Å²) in [7, 11) is 0. The van der Waals surface area contributed by atoms with Gasteiger partial charge in [0.25, 0.3) is 0 Å². The first-order valence-electron chi connectivity index (χ1n) is 28.2. The number of carboxylic acids is 1. The Morgan fingerprint density at radius 3 is 0.750 bits per heavy atom. The van der Waals surface area contributed by atoms with Gasteiger partial charge in [-0.1, -0.05) is 309 Å². The molecule has 0 fully saturated rings. The second kappa shape index (κ2) is 52.5. The number of carbonyl (C=O) groups is 1. The van der Waals surface area contributed by atoms with Gasteiger partial charge in [-0.25, -0.2) is 0 Å². The Bertz CT molecular complexity index is 822. The van der Waals surface area contributed by atoms with Crippen LogP contribution in [0.4, 0.5) is 0 Å². The average molecular weight is 846 g/mol. The van der Waals surface area contributed by atoms with Crippen molar-refractivity contribution in [1.29, 1.82) is 0 Å². The lowest BCUT2D eigenvalue weighted by atomic mass is 9.91. The second-order valence-electron chi connectivity index (χ2n) is 19.7. The van der Waals surface area contributed by atoms with Gasteiger partial charge in [0, 0.05) is 0 Å². The normalized spacial score (nSPS) is 12.8. The quantitative estimate of drug-likeness (QED) is 0.0474. The standard InChI is InChI=1S/C57H112O3/c1-3-5-7-9-11-13-15-17-19-21-23-24-25-26-27-28-29-30-31-32-33-34-35-36-38-40-42-44-46-48-50-52-54-56(58)55(57(59)60)53-51-49-47-45-43-41-39-37-22-20-18-16-14-12-10-8-6-4-2/h28-29,55-56,58H,3-27,30-54H2,1-2H3,(H,59,60)/b29-28-. The fourth-order valence-electron chi connectivity index (χ4n) is 9.38. The van der Waals surface area contributed by atoms with E-state index in [0.717, 1.165) is 25.7 Å². The number of rotatable bonds is 53. The zero-order chi connectivity index (χ0) is 43.5. The summed E-state index contributed by atoms with van der Waals surface area (Å²) in [6.07, 6.45) is 70.9. The maximum atomic E-state index is 11.9. The fraction of sp³-hybridized carbons (Fsp3) is 0.947. The highest BCUT2D eigenvalue weighted by Gasteiger charge is 2.25. The molecule has 2 atom stereocenters. The number of hydrogen-bond acceptors (Lipinski definition) is 2. The molecule has 0 aromatic carbocycles. The average Bonchev–Trinajstić information content (AvgIpc) is 3.24. The van der Waals surface area contributed by atoms with Gasteiger partial charge >= 0.3 is 5.97 Å². The van der Waals surface area contributed by atoms with E-state index >= 15 is 0 Å². The summed E-state index contributed by atoms with van der Waals surface area (Å²) in [5.74, 6) is -1.38. The van der Waals surface area contributed by atoms with Crippen LogP contribution >= 0.6 is 0 Å². The maximum absolute atomic E-state index is 11.9. The number of carboxylic acid groups (broad SMARTS) is 1. The van der Waals surface area contributed by atoms with Crippen LogP contribution in [0.5, 0.6) is 0 Å². The summed E-state index contributed by atoms with van der Waals surface area (Å²) < 4.78 is 0. The highest BCUT2D eigenvalue weighted by molar-refractivity contribution is 5.70. The molecular formula is C57H112O3. The summed E-state index contributed by atoms with van der Waals surface area (Å²) >= 11 is 0. The highest BCUT2D eigenvalue weighted by Crippen LogP contribution is 2.22. The molecule has 0 aliphatic carbocycles. The monoisotopic (exact) mass is 845 g/mol. The third kappa shape index (κ3) is 48.2. The number of aliphatic carboxylic acids is 1. The summed E-state index contributed by atoms with van der Waals surface area (Å²) in [4.78, 5) is 11.9. The number of aliphatic hydroxyl groups is 1. The molecule has 0 saturated heterocycles. The van der Waals surface area contributed by atoms with Gasteiger partial charge in [-0.2, -0.15) is 0 Å². The fourth-order valence-corrected chi connectivity index (χ4v) is 9.38. The van der Waals surface area contributed by atoms with Crippen LogP contribution < -0.4 is 0 Å². The topological polar surface area (TPSA) is 57.5 Å². The van der Waals surface area contributed by atoms with E-state index in [4.69, 9.17) is 0 Å². The molecule has 2 unspecified atom stereocenters. The van der Waals surface area contributed by atoms with Crippen molar-refractivity contribution in [1.82, 2.24) is 0 Å². The summed E-state index contributed by atoms with van der Waals surface area (Å²) in [6.45, 7) is 4.59. The lowest BCUT2D eigenvalue weighted by Gasteiger charge is -2.19. The molecule has 0 rings (SSSR count). The van der Waals surface area contributed by atoms with Gasteiger partial charge in [-0.05, 0) is 38.5 Å². The van der Waals surface area contributed by atoms with E-state index in [1.54, 1.807) is 0 Å². The number of hydrogen-bond donors (Lipinski definition) is 2. The van der Waals surface area contributed by atoms with Crippen LogP contribution in [-0.2, 0) is 4.79 Å². The molecule has 0 aromatic heterocycles. The van der Waals surface area contributed by atoms with Crippen LogP contribution in [0, 0.1) is 5.92 Å². The zero-order valence-corrected chi connectivity index (χ0v) is 41.5.